The summed E-state index contributed by atoms with van der Waals surface area (Å²) in [5.74, 6) is 0.807. The molecule has 2 aromatic carbocycles. The number of nitrogens with zero attached hydrogens (tertiary/aromatic N) is 1. The zero-order valence-corrected chi connectivity index (χ0v) is 13.7. The molecule has 112 valence electrons. The van der Waals surface area contributed by atoms with E-state index in [0.717, 1.165) is 33.1 Å². The van der Waals surface area contributed by atoms with Gasteiger partial charge in [0, 0.05) is 16.7 Å². The van der Waals surface area contributed by atoms with Gasteiger partial charge >= 0.3 is 0 Å². The minimum atomic E-state index is 0.245. The first-order chi connectivity index (χ1) is 10.7. The van der Waals surface area contributed by atoms with Crippen LogP contribution in [0.4, 0.5) is 0 Å². The number of benzene rings is 2. The number of hydrogen-bond donors (Lipinski definition) is 0. The van der Waals surface area contributed by atoms with Crippen LogP contribution in [0.15, 0.2) is 36.4 Å². The van der Waals surface area contributed by atoms with Crippen LogP contribution < -0.4 is 4.74 Å². The van der Waals surface area contributed by atoms with E-state index >= 15 is 0 Å². The van der Waals surface area contributed by atoms with Crippen molar-refractivity contribution < 1.29 is 9.47 Å². The van der Waals surface area contributed by atoms with Crippen LogP contribution in [0.2, 0.25) is 10.0 Å². The Kier molecular flexibility index (Phi) is 3.70. The van der Waals surface area contributed by atoms with Gasteiger partial charge in [0.05, 0.1) is 21.8 Å². The zero-order valence-electron chi connectivity index (χ0n) is 11.4. The summed E-state index contributed by atoms with van der Waals surface area (Å²) in [6.45, 7) is 1.38. The quantitative estimate of drug-likeness (QED) is 0.617. The van der Waals surface area contributed by atoms with Crippen molar-refractivity contribution in [3.05, 3.63) is 46.4 Å². The summed E-state index contributed by atoms with van der Waals surface area (Å²) in [7, 11) is 0. The standard InChI is InChI=1S/C16H11Cl2NO2S/c17-9-1-3-12(13(18)5-9)16-19-14-6-10(2-4-15(14)22-16)20-7-11-8-21-11/h1-6,11H,7-8H2. The van der Waals surface area contributed by atoms with Crippen molar-refractivity contribution in [3.8, 4) is 16.3 Å². The van der Waals surface area contributed by atoms with Gasteiger partial charge in [-0.05, 0) is 30.3 Å². The third-order valence-electron chi connectivity index (χ3n) is 3.36. The van der Waals surface area contributed by atoms with Crippen LogP contribution in [0.3, 0.4) is 0 Å². The maximum Gasteiger partial charge on any atom is 0.126 e. The maximum atomic E-state index is 6.26. The molecule has 6 heteroatoms. The molecule has 1 saturated heterocycles. The van der Waals surface area contributed by atoms with Crippen LogP contribution in [-0.2, 0) is 4.74 Å². The molecule has 1 atom stereocenters. The number of halogens is 2. The van der Waals surface area contributed by atoms with Gasteiger partial charge in [0.15, 0.2) is 0 Å². The van der Waals surface area contributed by atoms with Crippen molar-refractivity contribution >= 4 is 44.8 Å². The Morgan fingerprint density at radius 3 is 2.86 bits per heavy atom. The summed E-state index contributed by atoms with van der Waals surface area (Å²) >= 11 is 13.8. The molecule has 0 bridgehead atoms. The van der Waals surface area contributed by atoms with E-state index in [2.05, 4.69) is 4.98 Å². The molecule has 0 aliphatic carbocycles. The molecule has 0 N–H and O–H groups in total. The van der Waals surface area contributed by atoms with Crippen molar-refractivity contribution in [2.75, 3.05) is 13.2 Å². The third kappa shape index (κ3) is 2.92. The second-order valence-corrected chi connectivity index (χ2v) is 6.91. The number of ether oxygens (including phenoxy) is 2. The summed E-state index contributed by atoms with van der Waals surface area (Å²) in [5.41, 5.74) is 1.79. The largest absolute Gasteiger partial charge is 0.491 e. The highest BCUT2D eigenvalue weighted by molar-refractivity contribution is 7.21. The lowest BCUT2D eigenvalue weighted by Gasteiger charge is -2.02. The topological polar surface area (TPSA) is 34.6 Å². The van der Waals surface area contributed by atoms with E-state index in [1.807, 2.05) is 30.3 Å². The number of aromatic nitrogens is 1. The first kappa shape index (κ1) is 14.3. The van der Waals surface area contributed by atoms with Gasteiger partial charge in [0.1, 0.15) is 23.5 Å². The average molecular weight is 352 g/mol. The van der Waals surface area contributed by atoms with Gasteiger partial charge in [-0.15, -0.1) is 11.3 Å². The summed E-state index contributed by atoms with van der Waals surface area (Å²) in [6.07, 6.45) is 0.245. The Balaban J connectivity index is 1.67. The molecule has 22 heavy (non-hydrogen) atoms. The van der Waals surface area contributed by atoms with Crippen LogP contribution in [0.5, 0.6) is 5.75 Å². The maximum absolute atomic E-state index is 6.26. The lowest BCUT2D eigenvalue weighted by molar-refractivity contribution is 0.263. The molecular weight excluding hydrogens is 341 g/mol. The molecule has 1 aromatic heterocycles. The molecule has 1 unspecified atom stereocenters. The Bertz CT molecular complexity index is 845. The Morgan fingerprint density at radius 2 is 2.09 bits per heavy atom. The SMILES string of the molecule is Clc1ccc(-c2nc3cc(OCC4CO4)ccc3s2)c(Cl)c1. The number of epoxide rings is 1. The Morgan fingerprint density at radius 1 is 1.23 bits per heavy atom. The van der Waals surface area contributed by atoms with Gasteiger partial charge in [0.25, 0.3) is 0 Å². The zero-order chi connectivity index (χ0) is 15.1. The van der Waals surface area contributed by atoms with E-state index < -0.39 is 0 Å². The lowest BCUT2D eigenvalue weighted by atomic mass is 10.2. The van der Waals surface area contributed by atoms with Gasteiger partial charge in [-0.1, -0.05) is 23.2 Å². The second-order valence-electron chi connectivity index (χ2n) is 5.04. The van der Waals surface area contributed by atoms with Crippen LogP contribution in [0.1, 0.15) is 0 Å². The molecule has 0 saturated carbocycles. The highest BCUT2D eigenvalue weighted by Crippen LogP contribution is 2.36. The van der Waals surface area contributed by atoms with Crippen LogP contribution in [0.25, 0.3) is 20.8 Å². The lowest BCUT2D eigenvalue weighted by Crippen LogP contribution is -2.03. The predicted octanol–water partition coefficient (Wildman–Crippen LogP) is 5.05. The van der Waals surface area contributed by atoms with Crippen LogP contribution >= 0.6 is 34.5 Å². The molecule has 3 nitrogen and oxygen atoms in total. The van der Waals surface area contributed by atoms with Gasteiger partial charge in [-0.25, -0.2) is 4.98 Å². The fraction of sp³-hybridized carbons (Fsp3) is 0.188. The van der Waals surface area contributed by atoms with Crippen molar-refractivity contribution in [2.45, 2.75) is 6.10 Å². The van der Waals surface area contributed by atoms with E-state index in [1.54, 1.807) is 17.4 Å². The highest BCUT2D eigenvalue weighted by Gasteiger charge is 2.23. The van der Waals surface area contributed by atoms with Crippen molar-refractivity contribution in [2.24, 2.45) is 0 Å². The Labute approximate surface area is 141 Å². The fourth-order valence-corrected chi connectivity index (χ4v) is 3.67. The number of rotatable bonds is 4. The molecule has 2 heterocycles. The number of hydrogen-bond acceptors (Lipinski definition) is 4. The first-order valence-electron chi connectivity index (χ1n) is 6.79. The summed E-state index contributed by atoms with van der Waals surface area (Å²) in [6, 6.07) is 11.4. The van der Waals surface area contributed by atoms with E-state index in [0.29, 0.717) is 16.7 Å². The molecule has 4 rings (SSSR count). The summed E-state index contributed by atoms with van der Waals surface area (Å²) < 4.78 is 11.9. The van der Waals surface area contributed by atoms with Gasteiger partial charge < -0.3 is 9.47 Å². The molecule has 0 amide bonds. The first-order valence-corrected chi connectivity index (χ1v) is 8.37. The van der Waals surface area contributed by atoms with Gasteiger partial charge in [-0.3, -0.25) is 0 Å². The van der Waals surface area contributed by atoms with Crippen molar-refractivity contribution in [3.63, 3.8) is 0 Å². The fourth-order valence-electron chi connectivity index (χ4n) is 2.13. The second kappa shape index (κ2) is 5.70. The number of thiazole rings is 1. The van der Waals surface area contributed by atoms with Crippen molar-refractivity contribution in [1.82, 2.24) is 4.98 Å². The van der Waals surface area contributed by atoms with Gasteiger partial charge in [0.2, 0.25) is 0 Å². The average Bonchev–Trinajstić information content (AvgIpc) is 3.23. The van der Waals surface area contributed by atoms with E-state index in [-0.39, 0.29) is 6.10 Å². The molecule has 1 aliphatic heterocycles. The summed E-state index contributed by atoms with van der Waals surface area (Å²) in [4.78, 5) is 4.66. The molecular formula is C16H11Cl2NO2S. The molecule has 3 aromatic rings. The van der Waals surface area contributed by atoms with E-state index in [9.17, 15) is 0 Å². The van der Waals surface area contributed by atoms with E-state index in [4.69, 9.17) is 32.7 Å². The van der Waals surface area contributed by atoms with E-state index in [1.165, 1.54) is 0 Å². The molecule has 0 spiro atoms. The van der Waals surface area contributed by atoms with Crippen molar-refractivity contribution in [1.29, 1.82) is 0 Å². The predicted molar refractivity (Wildman–Crippen MR) is 90.3 cm³/mol. The molecule has 0 radical (unpaired) electrons. The molecule has 1 aliphatic rings. The van der Waals surface area contributed by atoms with Crippen LogP contribution in [0, 0.1) is 0 Å². The minimum absolute atomic E-state index is 0.245. The van der Waals surface area contributed by atoms with Crippen LogP contribution in [-0.4, -0.2) is 24.3 Å². The Hall–Kier alpha value is -1.33. The highest BCUT2D eigenvalue weighted by atomic mass is 35.5. The summed E-state index contributed by atoms with van der Waals surface area (Å²) in [5, 5.41) is 2.10. The minimum Gasteiger partial charge on any atom is -0.491 e. The normalized spacial score (nSPS) is 16.9. The molecule has 1 fully saturated rings. The van der Waals surface area contributed by atoms with Gasteiger partial charge in [-0.2, -0.15) is 0 Å². The monoisotopic (exact) mass is 351 g/mol. The smallest absolute Gasteiger partial charge is 0.126 e. The third-order valence-corrected chi connectivity index (χ3v) is 4.98. The number of fused-ring (bicyclic) bond motifs is 1.